The lowest BCUT2D eigenvalue weighted by Gasteiger charge is -2.03. The summed E-state index contributed by atoms with van der Waals surface area (Å²) in [5, 5.41) is 3.21. The number of nitrogens with one attached hydrogen (secondary N) is 2. The van der Waals surface area contributed by atoms with Gasteiger partial charge in [0.15, 0.2) is 0 Å². The van der Waals surface area contributed by atoms with Gasteiger partial charge in [-0.2, -0.15) is 0 Å². The van der Waals surface area contributed by atoms with Crippen LogP contribution in [0.15, 0.2) is 48.8 Å². The first-order chi connectivity index (χ1) is 9.72. The summed E-state index contributed by atoms with van der Waals surface area (Å²) in [6.07, 6.45) is 3.52. The molecule has 0 saturated carbocycles. The molecule has 0 bridgehead atoms. The number of pyridine rings is 1. The first-order valence-corrected chi connectivity index (χ1v) is 6.32. The Morgan fingerprint density at radius 2 is 1.95 bits per heavy atom. The molecule has 0 unspecified atom stereocenters. The number of anilines is 3. The smallest absolute Gasteiger partial charge is 0.205 e. The van der Waals surface area contributed by atoms with Gasteiger partial charge in [-0.05, 0) is 37.3 Å². The third kappa shape index (κ3) is 2.47. The number of aromatic nitrogens is 3. The van der Waals surface area contributed by atoms with Crippen LogP contribution in [0.2, 0.25) is 0 Å². The first-order valence-electron chi connectivity index (χ1n) is 6.32. The number of nitrogens with two attached hydrogens (primary N) is 1. The molecule has 4 N–H and O–H groups in total. The minimum Gasteiger partial charge on any atom is -0.399 e. The van der Waals surface area contributed by atoms with Gasteiger partial charge >= 0.3 is 0 Å². The average molecular weight is 265 g/mol. The predicted octanol–water partition coefficient (Wildman–Crippen LogP) is 3.11. The Morgan fingerprint density at radius 1 is 1.15 bits per heavy atom. The van der Waals surface area contributed by atoms with Gasteiger partial charge in [0.2, 0.25) is 5.95 Å². The van der Waals surface area contributed by atoms with E-state index in [-0.39, 0.29) is 0 Å². The lowest BCUT2D eigenvalue weighted by molar-refractivity contribution is 1.24. The van der Waals surface area contributed by atoms with Crippen molar-refractivity contribution in [3.63, 3.8) is 0 Å². The molecule has 0 atom stereocenters. The minimum absolute atomic E-state index is 0.694. The van der Waals surface area contributed by atoms with Crippen LogP contribution in [0.25, 0.3) is 11.3 Å². The van der Waals surface area contributed by atoms with E-state index in [9.17, 15) is 0 Å². The van der Waals surface area contributed by atoms with Gasteiger partial charge in [-0.1, -0.05) is 6.07 Å². The Bertz CT molecular complexity index is 718. The molecule has 3 aromatic rings. The van der Waals surface area contributed by atoms with Crippen molar-refractivity contribution in [1.29, 1.82) is 0 Å². The molecule has 1 aromatic carbocycles. The number of rotatable bonds is 3. The van der Waals surface area contributed by atoms with E-state index in [1.165, 1.54) is 0 Å². The van der Waals surface area contributed by atoms with E-state index in [4.69, 9.17) is 5.73 Å². The highest BCUT2D eigenvalue weighted by Crippen LogP contribution is 2.24. The highest BCUT2D eigenvalue weighted by atomic mass is 15.1. The second-order valence-electron chi connectivity index (χ2n) is 4.55. The van der Waals surface area contributed by atoms with Crippen molar-refractivity contribution in [3.8, 4) is 11.3 Å². The maximum atomic E-state index is 5.76. The highest BCUT2D eigenvalue weighted by Gasteiger charge is 2.08. The van der Waals surface area contributed by atoms with E-state index < -0.39 is 0 Å². The van der Waals surface area contributed by atoms with Gasteiger partial charge in [0.25, 0.3) is 0 Å². The Morgan fingerprint density at radius 3 is 2.70 bits per heavy atom. The summed E-state index contributed by atoms with van der Waals surface area (Å²) in [5.74, 6) is 0.694. The molecule has 2 heterocycles. The zero-order valence-corrected chi connectivity index (χ0v) is 11.1. The van der Waals surface area contributed by atoms with Crippen LogP contribution >= 0.6 is 0 Å². The molecule has 20 heavy (non-hydrogen) atoms. The lowest BCUT2D eigenvalue weighted by atomic mass is 10.2. The van der Waals surface area contributed by atoms with Gasteiger partial charge in [-0.25, -0.2) is 4.98 Å². The molecule has 5 heteroatoms. The molecule has 0 fully saturated rings. The van der Waals surface area contributed by atoms with Gasteiger partial charge in [-0.15, -0.1) is 0 Å². The van der Waals surface area contributed by atoms with Crippen molar-refractivity contribution in [2.45, 2.75) is 6.92 Å². The molecule has 100 valence electrons. The van der Waals surface area contributed by atoms with Crippen molar-refractivity contribution in [2.75, 3.05) is 11.1 Å². The SMILES string of the molecule is Cc1[nH]c(Nc2cccc(N)c2)nc1-c1ccncc1. The van der Waals surface area contributed by atoms with Crippen molar-refractivity contribution >= 4 is 17.3 Å². The monoisotopic (exact) mass is 265 g/mol. The molecule has 0 radical (unpaired) electrons. The molecule has 0 spiro atoms. The number of imidazole rings is 1. The van der Waals surface area contributed by atoms with Gasteiger partial charge < -0.3 is 16.0 Å². The second kappa shape index (κ2) is 5.05. The van der Waals surface area contributed by atoms with Crippen LogP contribution in [0.3, 0.4) is 0 Å². The van der Waals surface area contributed by atoms with Crippen LogP contribution in [-0.4, -0.2) is 15.0 Å². The number of nitrogens with zero attached hydrogens (tertiary/aromatic N) is 2. The van der Waals surface area contributed by atoms with E-state index in [0.29, 0.717) is 11.6 Å². The standard InChI is InChI=1S/C15H15N5/c1-10-14(11-5-7-17-8-6-11)20-15(18-10)19-13-4-2-3-12(16)9-13/h2-9H,16H2,1H3,(H2,18,19,20). The largest absolute Gasteiger partial charge is 0.399 e. The normalized spacial score (nSPS) is 10.4. The van der Waals surface area contributed by atoms with E-state index >= 15 is 0 Å². The average Bonchev–Trinajstić information content (AvgIpc) is 2.80. The number of H-pyrrole nitrogens is 1. The number of aryl methyl sites for hydroxylation is 1. The number of nitrogen functional groups attached to an aromatic ring is 1. The van der Waals surface area contributed by atoms with Crippen LogP contribution in [0.4, 0.5) is 17.3 Å². The first kappa shape index (κ1) is 12.2. The lowest BCUT2D eigenvalue weighted by Crippen LogP contribution is -1.93. The number of benzene rings is 1. The van der Waals surface area contributed by atoms with Crippen molar-refractivity contribution in [2.24, 2.45) is 0 Å². The molecular formula is C15H15N5. The summed E-state index contributed by atoms with van der Waals surface area (Å²) in [5.41, 5.74) is 10.3. The molecule has 0 saturated heterocycles. The van der Waals surface area contributed by atoms with Crippen LogP contribution in [-0.2, 0) is 0 Å². The third-order valence-electron chi connectivity index (χ3n) is 2.99. The topological polar surface area (TPSA) is 79.6 Å². The molecule has 5 nitrogen and oxygen atoms in total. The summed E-state index contributed by atoms with van der Waals surface area (Å²) in [7, 11) is 0. The third-order valence-corrected chi connectivity index (χ3v) is 2.99. The van der Waals surface area contributed by atoms with Gasteiger partial charge in [0, 0.05) is 35.0 Å². The molecule has 0 aliphatic carbocycles. The van der Waals surface area contributed by atoms with Crippen LogP contribution < -0.4 is 11.1 Å². The van der Waals surface area contributed by atoms with Gasteiger partial charge in [-0.3, -0.25) is 4.98 Å². The van der Waals surface area contributed by atoms with Crippen molar-refractivity contribution in [3.05, 3.63) is 54.5 Å². The Kier molecular flexibility index (Phi) is 3.09. The number of hydrogen-bond acceptors (Lipinski definition) is 4. The summed E-state index contributed by atoms with van der Waals surface area (Å²) in [6, 6.07) is 11.4. The van der Waals surface area contributed by atoms with E-state index in [1.807, 2.05) is 43.3 Å². The molecule has 0 aliphatic rings. The molecule has 0 aliphatic heterocycles. The van der Waals surface area contributed by atoms with Gasteiger partial charge in [0.05, 0.1) is 5.69 Å². The summed E-state index contributed by atoms with van der Waals surface area (Å²) < 4.78 is 0. The quantitative estimate of drug-likeness (QED) is 0.636. The zero-order valence-electron chi connectivity index (χ0n) is 11.1. The molecule has 3 rings (SSSR count). The van der Waals surface area contributed by atoms with Crippen molar-refractivity contribution in [1.82, 2.24) is 15.0 Å². The maximum absolute atomic E-state index is 5.76. The Labute approximate surface area is 116 Å². The zero-order chi connectivity index (χ0) is 13.9. The minimum atomic E-state index is 0.694. The van der Waals surface area contributed by atoms with Gasteiger partial charge in [0.1, 0.15) is 0 Å². The fraction of sp³-hybridized carbons (Fsp3) is 0.0667. The summed E-state index contributed by atoms with van der Waals surface area (Å²) >= 11 is 0. The van der Waals surface area contributed by atoms with E-state index in [1.54, 1.807) is 12.4 Å². The number of hydrogen-bond donors (Lipinski definition) is 3. The molecule has 0 amide bonds. The molecule has 2 aromatic heterocycles. The Hall–Kier alpha value is -2.82. The second-order valence-corrected chi connectivity index (χ2v) is 4.55. The van der Waals surface area contributed by atoms with E-state index in [2.05, 4.69) is 20.3 Å². The van der Waals surface area contributed by atoms with E-state index in [0.717, 1.165) is 22.6 Å². The Balaban J connectivity index is 1.90. The number of aromatic amines is 1. The fourth-order valence-corrected chi connectivity index (χ4v) is 2.06. The van der Waals surface area contributed by atoms with Crippen molar-refractivity contribution < 1.29 is 0 Å². The van der Waals surface area contributed by atoms with Crippen LogP contribution in [0.1, 0.15) is 5.69 Å². The predicted molar refractivity (Wildman–Crippen MR) is 80.7 cm³/mol. The van der Waals surface area contributed by atoms with Crippen LogP contribution in [0.5, 0.6) is 0 Å². The highest BCUT2D eigenvalue weighted by molar-refractivity contribution is 5.66. The maximum Gasteiger partial charge on any atom is 0.205 e. The summed E-state index contributed by atoms with van der Waals surface area (Å²) in [6.45, 7) is 1.99. The molecular weight excluding hydrogens is 250 g/mol. The summed E-state index contributed by atoms with van der Waals surface area (Å²) in [4.78, 5) is 11.8. The van der Waals surface area contributed by atoms with Crippen LogP contribution in [0, 0.1) is 6.92 Å². The fourth-order valence-electron chi connectivity index (χ4n) is 2.06.